The molecule has 3 heterocycles. The minimum atomic E-state index is -0.226. The molecule has 2 fully saturated rings. The Balaban J connectivity index is 1.32. The van der Waals surface area contributed by atoms with Crippen LogP contribution in [-0.2, 0) is 11.3 Å². The molecule has 8 nitrogen and oxygen atoms in total. The Hall–Kier alpha value is -2.74. The van der Waals surface area contributed by atoms with Crippen molar-refractivity contribution < 1.29 is 9.59 Å². The van der Waals surface area contributed by atoms with Gasteiger partial charge in [0.1, 0.15) is 0 Å². The summed E-state index contributed by atoms with van der Waals surface area (Å²) in [6, 6.07) is 8.09. The second kappa shape index (κ2) is 8.52. The summed E-state index contributed by atoms with van der Waals surface area (Å²) in [7, 11) is 0. The summed E-state index contributed by atoms with van der Waals surface area (Å²) in [6.45, 7) is 3.12. The maximum Gasteiger partial charge on any atom is 0.273 e. The Morgan fingerprint density at radius 2 is 1.96 bits per heavy atom. The van der Waals surface area contributed by atoms with Crippen molar-refractivity contribution in [2.24, 2.45) is 0 Å². The highest BCUT2D eigenvalue weighted by Gasteiger charge is 2.20. The molecule has 2 aromatic rings. The van der Waals surface area contributed by atoms with Crippen LogP contribution in [0.1, 0.15) is 54.2 Å². The summed E-state index contributed by atoms with van der Waals surface area (Å²) >= 11 is 0. The number of hydrogen-bond donors (Lipinski definition) is 2. The highest BCUT2D eigenvalue weighted by Crippen LogP contribution is 2.21. The third kappa shape index (κ3) is 4.22. The molecule has 1 aromatic heterocycles. The molecular weight excluding hydrogens is 356 g/mol. The van der Waals surface area contributed by atoms with E-state index in [0.29, 0.717) is 24.7 Å². The van der Waals surface area contributed by atoms with E-state index in [1.165, 1.54) is 0 Å². The van der Waals surface area contributed by atoms with Gasteiger partial charge in [0.15, 0.2) is 5.69 Å². The number of rotatable bonds is 5. The van der Waals surface area contributed by atoms with Crippen LogP contribution in [-0.4, -0.2) is 46.4 Å². The molecule has 2 amide bonds. The average Bonchev–Trinajstić information content (AvgIpc) is 3.24. The van der Waals surface area contributed by atoms with Gasteiger partial charge in [-0.15, -0.1) is 5.10 Å². The standard InChI is InChI=1S/C20H26N6O2/c27-19-3-1-2-12-25(19)16-6-4-15(5-7-16)13-22-20(28)18-14-26(24-23-18)17-8-10-21-11-9-17/h4-7,14,17,21H,1-3,8-13H2,(H,22,28). The van der Waals surface area contributed by atoms with E-state index in [9.17, 15) is 9.59 Å². The van der Waals surface area contributed by atoms with Crippen LogP contribution in [0.2, 0.25) is 0 Å². The van der Waals surface area contributed by atoms with E-state index < -0.39 is 0 Å². The summed E-state index contributed by atoms with van der Waals surface area (Å²) in [5.41, 5.74) is 2.24. The molecule has 2 aliphatic heterocycles. The van der Waals surface area contributed by atoms with Gasteiger partial charge < -0.3 is 15.5 Å². The van der Waals surface area contributed by atoms with E-state index in [4.69, 9.17) is 0 Å². The first-order valence-electron chi connectivity index (χ1n) is 10.0. The number of hydrogen-bond acceptors (Lipinski definition) is 5. The lowest BCUT2D eigenvalue weighted by Gasteiger charge is -2.26. The molecule has 2 aliphatic rings. The molecule has 2 saturated heterocycles. The summed E-state index contributed by atoms with van der Waals surface area (Å²) in [5, 5.41) is 14.4. The van der Waals surface area contributed by atoms with Crippen molar-refractivity contribution in [1.82, 2.24) is 25.6 Å². The van der Waals surface area contributed by atoms with E-state index in [1.54, 1.807) is 10.9 Å². The zero-order valence-electron chi connectivity index (χ0n) is 15.9. The number of nitrogens with zero attached hydrogens (tertiary/aromatic N) is 4. The fourth-order valence-electron chi connectivity index (χ4n) is 3.78. The van der Waals surface area contributed by atoms with E-state index in [2.05, 4.69) is 20.9 Å². The maximum atomic E-state index is 12.4. The molecule has 0 unspecified atom stereocenters. The Labute approximate surface area is 164 Å². The Morgan fingerprint density at radius 1 is 1.18 bits per heavy atom. The average molecular weight is 382 g/mol. The van der Waals surface area contributed by atoms with Crippen molar-refractivity contribution in [3.05, 3.63) is 41.7 Å². The summed E-state index contributed by atoms with van der Waals surface area (Å²) in [6.07, 6.45) is 6.36. The summed E-state index contributed by atoms with van der Waals surface area (Å²) in [4.78, 5) is 26.2. The van der Waals surface area contributed by atoms with E-state index in [0.717, 1.165) is 56.6 Å². The predicted octanol–water partition coefficient (Wildman–Crippen LogP) is 1.65. The van der Waals surface area contributed by atoms with Gasteiger partial charge in [-0.3, -0.25) is 9.59 Å². The normalized spacial score (nSPS) is 18.3. The van der Waals surface area contributed by atoms with Crippen LogP contribution >= 0.6 is 0 Å². The first-order valence-corrected chi connectivity index (χ1v) is 10.0. The van der Waals surface area contributed by atoms with Crippen LogP contribution in [0.3, 0.4) is 0 Å². The van der Waals surface area contributed by atoms with Gasteiger partial charge in [0.2, 0.25) is 5.91 Å². The number of anilines is 1. The molecule has 0 bridgehead atoms. The Morgan fingerprint density at radius 3 is 2.71 bits per heavy atom. The fraction of sp³-hybridized carbons (Fsp3) is 0.500. The lowest BCUT2D eigenvalue weighted by molar-refractivity contribution is -0.119. The Kier molecular flexibility index (Phi) is 5.66. The molecule has 0 saturated carbocycles. The molecule has 1 aromatic carbocycles. The van der Waals surface area contributed by atoms with Gasteiger partial charge in [0.25, 0.3) is 5.91 Å². The van der Waals surface area contributed by atoms with Crippen LogP contribution in [0.15, 0.2) is 30.5 Å². The quantitative estimate of drug-likeness (QED) is 0.820. The molecule has 0 spiro atoms. The molecular formula is C20H26N6O2. The van der Waals surface area contributed by atoms with Crippen LogP contribution in [0.25, 0.3) is 0 Å². The van der Waals surface area contributed by atoms with E-state index in [1.807, 2.05) is 29.2 Å². The molecule has 4 rings (SSSR count). The zero-order valence-corrected chi connectivity index (χ0v) is 15.9. The van der Waals surface area contributed by atoms with Crippen LogP contribution in [0, 0.1) is 0 Å². The number of piperidine rings is 2. The Bertz CT molecular complexity index is 825. The SMILES string of the molecule is O=C(NCc1ccc(N2CCCCC2=O)cc1)c1cn(C2CCNCC2)nn1. The largest absolute Gasteiger partial charge is 0.347 e. The van der Waals surface area contributed by atoms with Crippen molar-refractivity contribution in [2.75, 3.05) is 24.5 Å². The van der Waals surface area contributed by atoms with Gasteiger partial charge >= 0.3 is 0 Å². The van der Waals surface area contributed by atoms with Gasteiger partial charge in [-0.25, -0.2) is 4.68 Å². The summed E-state index contributed by atoms with van der Waals surface area (Å²) < 4.78 is 1.81. The lowest BCUT2D eigenvalue weighted by Crippen LogP contribution is -2.35. The van der Waals surface area contributed by atoms with Crippen LogP contribution in [0.4, 0.5) is 5.69 Å². The van der Waals surface area contributed by atoms with Crippen LogP contribution in [0.5, 0.6) is 0 Å². The lowest BCUT2D eigenvalue weighted by atomic mass is 10.1. The number of amides is 2. The topological polar surface area (TPSA) is 92.2 Å². The molecule has 0 radical (unpaired) electrons. The fourth-order valence-corrected chi connectivity index (χ4v) is 3.78. The highest BCUT2D eigenvalue weighted by atomic mass is 16.2. The summed E-state index contributed by atoms with van der Waals surface area (Å²) in [5.74, 6) is -0.0420. The maximum absolute atomic E-state index is 12.4. The molecule has 148 valence electrons. The minimum Gasteiger partial charge on any atom is -0.347 e. The predicted molar refractivity (Wildman–Crippen MR) is 105 cm³/mol. The third-order valence-corrected chi connectivity index (χ3v) is 5.45. The van der Waals surface area contributed by atoms with E-state index >= 15 is 0 Å². The van der Waals surface area contributed by atoms with Gasteiger partial charge in [0.05, 0.1) is 12.2 Å². The van der Waals surface area contributed by atoms with E-state index in [-0.39, 0.29) is 11.8 Å². The number of carbonyl (C=O) groups excluding carboxylic acids is 2. The van der Waals surface area contributed by atoms with Crippen molar-refractivity contribution >= 4 is 17.5 Å². The molecule has 0 atom stereocenters. The van der Waals surface area contributed by atoms with Crippen molar-refractivity contribution in [3.8, 4) is 0 Å². The van der Waals surface area contributed by atoms with Gasteiger partial charge in [0, 0.05) is 25.2 Å². The first-order chi connectivity index (χ1) is 13.7. The van der Waals surface area contributed by atoms with Crippen molar-refractivity contribution in [2.45, 2.75) is 44.7 Å². The second-order valence-corrected chi connectivity index (χ2v) is 7.42. The first kappa shape index (κ1) is 18.6. The van der Waals surface area contributed by atoms with Crippen molar-refractivity contribution in [1.29, 1.82) is 0 Å². The van der Waals surface area contributed by atoms with Gasteiger partial charge in [-0.05, 0) is 56.5 Å². The number of nitrogens with one attached hydrogen (secondary N) is 2. The number of aromatic nitrogens is 3. The van der Waals surface area contributed by atoms with Gasteiger partial charge in [-0.2, -0.15) is 0 Å². The number of carbonyl (C=O) groups is 2. The third-order valence-electron chi connectivity index (χ3n) is 5.45. The molecule has 8 heteroatoms. The zero-order chi connectivity index (χ0) is 19.3. The number of benzene rings is 1. The highest BCUT2D eigenvalue weighted by molar-refractivity contribution is 5.94. The smallest absolute Gasteiger partial charge is 0.273 e. The molecule has 2 N–H and O–H groups in total. The monoisotopic (exact) mass is 382 g/mol. The van der Waals surface area contributed by atoms with Crippen molar-refractivity contribution in [3.63, 3.8) is 0 Å². The van der Waals surface area contributed by atoms with Gasteiger partial charge in [-0.1, -0.05) is 17.3 Å². The molecule has 0 aliphatic carbocycles. The second-order valence-electron chi connectivity index (χ2n) is 7.42. The minimum absolute atomic E-state index is 0.184. The molecule has 28 heavy (non-hydrogen) atoms. The van der Waals surface area contributed by atoms with Crippen LogP contribution < -0.4 is 15.5 Å².